The van der Waals surface area contributed by atoms with Gasteiger partial charge in [-0.3, -0.25) is 88.3 Å². The molecular weight excluding hydrogens is 1630 g/mol. The molecule has 42 heteroatoms. The number of carbonyl (C=O) groups is 14. The highest BCUT2D eigenvalue weighted by atomic mass is 32.2. The van der Waals surface area contributed by atoms with Crippen LogP contribution in [0.3, 0.4) is 0 Å². The number of rotatable bonds is 52. The van der Waals surface area contributed by atoms with Gasteiger partial charge in [-0.1, -0.05) is 63.6 Å². The van der Waals surface area contributed by atoms with Crippen LogP contribution in [0.15, 0.2) is 60.7 Å². The van der Waals surface area contributed by atoms with Crippen LogP contribution in [-0.2, 0) is 89.4 Å². The Bertz CT molecular complexity index is 4290. The Hall–Kier alpha value is -11.7. The summed E-state index contributed by atoms with van der Waals surface area (Å²) in [6, 6.07) is 6.21. The van der Waals surface area contributed by atoms with Gasteiger partial charge in [-0.25, -0.2) is 0 Å². The number of nitrogens with zero attached hydrogens (tertiary/aromatic N) is 4. The van der Waals surface area contributed by atoms with Gasteiger partial charge in [-0.05, 0) is 143 Å². The van der Waals surface area contributed by atoms with Crippen LogP contribution < -0.4 is 81.4 Å². The first-order valence-electron chi connectivity index (χ1n) is 42.4. The monoisotopic (exact) mass is 1750 g/mol. The lowest BCUT2D eigenvalue weighted by Gasteiger charge is -2.33. The van der Waals surface area contributed by atoms with Gasteiger partial charge in [0.05, 0.1) is 26.4 Å². The number of unbranched alkanes of at least 4 members (excludes halogenated alkanes) is 1. The number of ether oxygens (including phenoxy) is 2. The molecule has 0 spiro atoms. The number of nitrogens with two attached hydrogens (primary N) is 4. The number of aliphatic hydroxyl groups is 1. The molecule has 3 aliphatic heterocycles. The Morgan fingerprint density at radius 1 is 0.540 bits per heavy atom. The molecule has 25 N–H and O–H groups in total. The van der Waals surface area contributed by atoms with E-state index in [9.17, 15) is 67.4 Å². The number of aromatic nitrogens is 2. The van der Waals surface area contributed by atoms with Gasteiger partial charge < -0.3 is 121 Å². The lowest BCUT2D eigenvalue weighted by atomic mass is 9.90. The molecule has 2 aromatic carbocycles. The predicted molar refractivity (Wildman–Crippen MR) is 463 cm³/mol. The van der Waals surface area contributed by atoms with Gasteiger partial charge in [0.15, 0.2) is 17.9 Å². The highest BCUT2D eigenvalue weighted by molar-refractivity contribution is 7.98. The summed E-state index contributed by atoms with van der Waals surface area (Å²) in [4.78, 5) is 210. The summed E-state index contributed by atoms with van der Waals surface area (Å²) in [6.45, 7) is 5.93. The minimum absolute atomic E-state index is 0.00128. The van der Waals surface area contributed by atoms with Crippen LogP contribution in [0, 0.1) is 28.1 Å². The lowest BCUT2D eigenvalue weighted by Crippen LogP contribution is -2.60. The molecule has 7 rings (SSSR count). The number of imide groups is 1. The van der Waals surface area contributed by atoms with Crippen molar-refractivity contribution in [2.24, 2.45) is 34.8 Å². The minimum Gasteiger partial charge on any atom is -0.394 e. The first-order valence-corrected chi connectivity index (χ1v) is 43.8. The zero-order chi connectivity index (χ0) is 90.5. The molecule has 4 unspecified atom stereocenters. The number of thioether (sulfide) groups is 1. The average molecular weight is 1750 g/mol. The summed E-state index contributed by atoms with van der Waals surface area (Å²) in [6.07, 6.45) is 5.24. The maximum Gasteiger partial charge on any atom is 0.254 e. The van der Waals surface area contributed by atoms with Gasteiger partial charge in [0, 0.05) is 107 Å². The van der Waals surface area contributed by atoms with Crippen molar-refractivity contribution in [1.29, 1.82) is 16.2 Å². The van der Waals surface area contributed by atoms with Crippen molar-refractivity contribution in [1.82, 2.24) is 88.1 Å². The molecule has 0 saturated carbocycles. The quantitative estimate of drug-likeness (QED) is 0.0127. The molecule has 4 aromatic rings. The summed E-state index contributed by atoms with van der Waals surface area (Å²) in [7, 11) is 0. The fourth-order valence-corrected chi connectivity index (χ4v) is 15.8. The van der Waals surface area contributed by atoms with Crippen molar-refractivity contribution in [2.75, 3.05) is 97.4 Å². The topological polar surface area (TPSA) is 630 Å². The number of benzene rings is 2. The van der Waals surface area contributed by atoms with E-state index in [0.717, 1.165) is 21.2 Å². The lowest BCUT2D eigenvalue weighted by molar-refractivity contribution is -0.150. The van der Waals surface area contributed by atoms with Crippen molar-refractivity contribution >= 4 is 134 Å². The Morgan fingerprint density at radius 3 is 1.56 bits per heavy atom. The number of primary amides is 1. The van der Waals surface area contributed by atoms with Gasteiger partial charge in [0.25, 0.3) is 5.91 Å². The van der Waals surface area contributed by atoms with E-state index < -0.39 is 175 Å². The Labute approximate surface area is 724 Å². The zero-order valence-corrected chi connectivity index (χ0v) is 72.1. The SMILES string of the molecule is CCCCN(C(=O)C[C@H](C(=O)NC(Cc1cc2ccccc2[nH]1)C(=O)N1CCC[C@@H]1C(=O)NCCOCCOCC(=O)NC(CCCNC(=N)N)C(=O)N[C@@H](CCCNC(=N)N)C(N)=O)C(C)C)C(=O)[C@H](CO)NC(=O)C(Cc1cc2ccccc2[nH]1)NC(=O)[C@H](CCSC)NC(=O)[C@H]1CCCN1C(=O)[C@H]1CCCN1C(=O)C(CCCNC(=N)N)NC(C)=O. The van der Waals surface area contributed by atoms with Crippen LogP contribution in [0.5, 0.6) is 0 Å². The average Bonchev–Trinajstić information content (AvgIpc) is 1.64. The molecule has 41 nitrogen and oxygen atoms in total. The number of nitrogens with one attached hydrogen (secondary N) is 16. The van der Waals surface area contributed by atoms with Crippen LogP contribution in [0.1, 0.15) is 142 Å². The van der Waals surface area contributed by atoms with E-state index in [2.05, 4.69) is 68.5 Å². The molecule has 0 bridgehead atoms. The highest BCUT2D eigenvalue weighted by Gasteiger charge is 2.46. The van der Waals surface area contributed by atoms with Crippen molar-refractivity contribution in [3.05, 3.63) is 72.1 Å². The number of amides is 14. The second-order valence-electron chi connectivity index (χ2n) is 31.5. The predicted octanol–water partition coefficient (Wildman–Crippen LogP) is -2.19. The van der Waals surface area contributed by atoms with E-state index in [-0.39, 0.29) is 154 Å². The molecular formula is C82H126N24O17S. The van der Waals surface area contributed by atoms with Gasteiger partial charge in [0.1, 0.15) is 67.0 Å². The van der Waals surface area contributed by atoms with Gasteiger partial charge in [0.2, 0.25) is 76.8 Å². The number of likely N-dealkylation sites (tertiary alicyclic amines) is 3. The van der Waals surface area contributed by atoms with E-state index in [1.807, 2.05) is 55.5 Å². The molecule has 5 heterocycles. The van der Waals surface area contributed by atoms with Crippen LogP contribution in [-0.4, -0.2) is 293 Å². The summed E-state index contributed by atoms with van der Waals surface area (Å²) >= 11 is 1.38. The third kappa shape index (κ3) is 31.0. The van der Waals surface area contributed by atoms with E-state index in [1.54, 1.807) is 32.2 Å². The van der Waals surface area contributed by atoms with Gasteiger partial charge in [-0.15, -0.1) is 0 Å². The second kappa shape index (κ2) is 50.8. The summed E-state index contributed by atoms with van der Waals surface area (Å²) in [5.74, 6) is -11.9. The van der Waals surface area contributed by atoms with Crippen molar-refractivity contribution < 1.29 is 81.7 Å². The number of carbonyl (C=O) groups excluding carboxylic acids is 14. The Morgan fingerprint density at radius 2 is 1.02 bits per heavy atom. The fourth-order valence-electron chi connectivity index (χ4n) is 15.3. The number of H-pyrrole nitrogens is 2. The third-order valence-corrected chi connectivity index (χ3v) is 22.4. The standard InChI is InChI=1S/C82H126N24O17S/c1-6-7-33-106(78(120)63(46-107)102-73(115)61(43-52-41-50-18-8-10-20-55(50)95-52)100-72(114)59(28-40-124-5)99-75(117)65-26-16-35-104(65)79(121)66-27-17-36-105(66)76(118)60(94-49(4)108)24-14-31-93-82(88)89)68(110)45-54(48(2)3)70(112)101-62(44-53-42-51-19-9-11-21-56(51)96-53)77(119)103-34-15-25-64(103)74(116)90-32-37-122-38-39-123-47-67(109)97-58(23-13-30-92-81(86)87)71(113)98-57(69(83)111)22-12-29-91-80(84)85/h8-11,18-21,41-42,48,54,57-66,95-96,107H,6-7,12-17,22-40,43-47H2,1-5H3,(H2,83,111)(H,90,116)(H,94,108)(H,97,109)(H,98,113)(H,99,117)(H,100,114)(H,101,112)(H,102,115)(H4,84,85,91)(H4,86,87,92)(H4,88,89,93)/t54-,57-,58?,59-,60?,61?,62?,63-,64+,65+,66+/m0/s1. The largest absolute Gasteiger partial charge is 0.394 e. The molecule has 14 amide bonds. The summed E-state index contributed by atoms with van der Waals surface area (Å²) < 4.78 is 11.2. The zero-order valence-electron chi connectivity index (χ0n) is 71.3. The first-order chi connectivity index (χ1) is 59.3. The number of para-hydroxylation sites is 2. The molecule has 0 aliphatic carbocycles. The third-order valence-electron chi connectivity index (χ3n) is 21.7. The number of hydrogen-bond donors (Lipinski definition) is 21. The summed E-state index contributed by atoms with van der Waals surface area (Å²) in [5, 5.41) is 64.6. The number of guanidine groups is 3. The number of aliphatic hydroxyl groups excluding tert-OH is 1. The van der Waals surface area contributed by atoms with E-state index in [4.69, 9.17) is 48.6 Å². The number of fused-ring (bicyclic) bond motifs is 2. The maximum absolute atomic E-state index is 15.1. The van der Waals surface area contributed by atoms with Crippen molar-refractivity contribution in [2.45, 2.75) is 204 Å². The molecule has 682 valence electrons. The minimum atomic E-state index is -1.79. The maximum atomic E-state index is 15.1. The second-order valence-corrected chi connectivity index (χ2v) is 32.5. The molecule has 3 aliphatic rings. The van der Waals surface area contributed by atoms with E-state index in [0.29, 0.717) is 67.6 Å². The Balaban J connectivity index is 0.993. The molecule has 3 saturated heterocycles. The molecule has 3 fully saturated rings. The molecule has 11 atom stereocenters. The van der Waals surface area contributed by atoms with Crippen molar-refractivity contribution in [3.63, 3.8) is 0 Å². The Kier molecular flexibility index (Phi) is 40.7. The molecule has 0 radical (unpaired) electrons. The van der Waals surface area contributed by atoms with Gasteiger partial charge in [-0.2, -0.15) is 11.8 Å². The van der Waals surface area contributed by atoms with E-state index >= 15 is 4.79 Å². The fraction of sp³-hybridized carbons (Fsp3) is 0.598. The van der Waals surface area contributed by atoms with E-state index in [1.165, 1.54) is 33.4 Å². The van der Waals surface area contributed by atoms with Crippen LogP contribution in [0.2, 0.25) is 0 Å². The molecule has 124 heavy (non-hydrogen) atoms. The summed E-state index contributed by atoms with van der Waals surface area (Å²) in [5.41, 5.74) is 24.2. The van der Waals surface area contributed by atoms with Gasteiger partial charge >= 0.3 is 0 Å². The van der Waals surface area contributed by atoms with Crippen LogP contribution in [0.25, 0.3) is 21.8 Å². The normalized spacial score (nSPS) is 16.9. The number of aromatic amines is 2. The van der Waals surface area contributed by atoms with Crippen LogP contribution in [0.4, 0.5) is 0 Å². The molecule has 2 aromatic heterocycles. The number of hydrogen-bond acceptors (Lipinski definition) is 21. The van der Waals surface area contributed by atoms with Crippen molar-refractivity contribution in [3.8, 4) is 0 Å². The smallest absolute Gasteiger partial charge is 0.254 e. The van der Waals surface area contributed by atoms with Crippen LogP contribution >= 0.6 is 11.8 Å². The first kappa shape index (κ1) is 99.4. The highest BCUT2D eigenvalue weighted by Crippen LogP contribution is 2.29.